The standard InChI is InChI=1S/C23H25N3OS/c1-2-18-8-10-19(11-9-18)22-24-21(17-28-22)16-25-12-14-26(15-13-25)23(27)20-6-4-3-5-7-20/h3-11,17H,2,12-16H2,1H3. The summed E-state index contributed by atoms with van der Waals surface area (Å²) in [6.45, 7) is 6.32. The molecule has 2 aromatic carbocycles. The lowest BCUT2D eigenvalue weighted by molar-refractivity contribution is 0.0627. The third-order valence-electron chi connectivity index (χ3n) is 5.23. The van der Waals surface area contributed by atoms with Gasteiger partial charge in [0.25, 0.3) is 5.91 Å². The summed E-state index contributed by atoms with van der Waals surface area (Å²) in [4.78, 5) is 21.7. The van der Waals surface area contributed by atoms with Crippen molar-refractivity contribution in [3.8, 4) is 10.6 Å². The summed E-state index contributed by atoms with van der Waals surface area (Å²) in [6.07, 6.45) is 1.06. The molecule has 144 valence electrons. The van der Waals surface area contributed by atoms with Gasteiger partial charge in [0.2, 0.25) is 0 Å². The van der Waals surface area contributed by atoms with Crippen molar-refractivity contribution in [3.05, 3.63) is 76.8 Å². The molecule has 4 nitrogen and oxygen atoms in total. The smallest absolute Gasteiger partial charge is 0.253 e. The van der Waals surface area contributed by atoms with Crippen LogP contribution in [0, 0.1) is 0 Å². The van der Waals surface area contributed by atoms with Gasteiger partial charge in [-0.3, -0.25) is 9.69 Å². The highest BCUT2D eigenvalue weighted by Crippen LogP contribution is 2.25. The Hall–Kier alpha value is -2.50. The summed E-state index contributed by atoms with van der Waals surface area (Å²) >= 11 is 1.71. The fourth-order valence-electron chi connectivity index (χ4n) is 3.50. The van der Waals surface area contributed by atoms with Gasteiger partial charge in [-0.1, -0.05) is 49.4 Å². The molecular weight excluding hydrogens is 366 g/mol. The lowest BCUT2D eigenvalue weighted by Gasteiger charge is -2.34. The van der Waals surface area contributed by atoms with E-state index < -0.39 is 0 Å². The fraction of sp³-hybridized carbons (Fsp3) is 0.304. The second-order valence-corrected chi connectivity index (χ2v) is 7.99. The number of thiazole rings is 1. The molecule has 0 aliphatic carbocycles. The van der Waals surface area contributed by atoms with Crippen LogP contribution in [-0.2, 0) is 13.0 Å². The zero-order valence-corrected chi connectivity index (χ0v) is 17.0. The number of rotatable bonds is 5. The first-order chi connectivity index (χ1) is 13.7. The maximum atomic E-state index is 12.6. The number of amides is 1. The molecule has 0 atom stereocenters. The molecule has 0 bridgehead atoms. The van der Waals surface area contributed by atoms with Crippen molar-refractivity contribution >= 4 is 17.2 Å². The number of hydrogen-bond acceptors (Lipinski definition) is 4. The van der Waals surface area contributed by atoms with E-state index in [0.29, 0.717) is 0 Å². The van der Waals surface area contributed by atoms with Crippen LogP contribution in [0.5, 0.6) is 0 Å². The molecule has 1 amide bonds. The minimum absolute atomic E-state index is 0.131. The molecule has 2 heterocycles. The van der Waals surface area contributed by atoms with Crippen molar-refractivity contribution in [1.82, 2.24) is 14.8 Å². The quantitative estimate of drug-likeness (QED) is 0.649. The van der Waals surface area contributed by atoms with Gasteiger partial charge in [-0.15, -0.1) is 11.3 Å². The monoisotopic (exact) mass is 391 g/mol. The molecule has 0 radical (unpaired) electrons. The SMILES string of the molecule is CCc1ccc(-c2nc(CN3CCN(C(=O)c4ccccc4)CC3)cs2)cc1. The van der Waals surface area contributed by atoms with E-state index in [2.05, 4.69) is 41.5 Å². The van der Waals surface area contributed by atoms with Crippen LogP contribution in [0.1, 0.15) is 28.5 Å². The highest BCUT2D eigenvalue weighted by Gasteiger charge is 2.22. The molecule has 0 spiro atoms. The molecule has 5 heteroatoms. The first kappa shape index (κ1) is 18.8. The maximum absolute atomic E-state index is 12.6. The highest BCUT2D eigenvalue weighted by atomic mass is 32.1. The third kappa shape index (κ3) is 4.32. The van der Waals surface area contributed by atoms with Gasteiger partial charge in [0.1, 0.15) is 5.01 Å². The molecule has 4 rings (SSSR count). The minimum atomic E-state index is 0.131. The molecule has 1 aliphatic heterocycles. The van der Waals surface area contributed by atoms with Gasteiger partial charge >= 0.3 is 0 Å². The Bertz CT molecular complexity index is 913. The molecule has 0 N–H and O–H groups in total. The van der Waals surface area contributed by atoms with Crippen molar-refractivity contribution in [2.24, 2.45) is 0 Å². The summed E-state index contributed by atoms with van der Waals surface area (Å²) in [5.74, 6) is 0.131. The predicted octanol–water partition coefficient (Wildman–Crippen LogP) is 4.33. The van der Waals surface area contributed by atoms with Crippen LogP contribution in [0.25, 0.3) is 10.6 Å². The van der Waals surface area contributed by atoms with Crippen molar-refractivity contribution in [2.45, 2.75) is 19.9 Å². The molecule has 28 heavy (non-hydrogen) atoms. The molecule has 3 aromatic rings. The van der Waals surface area contributed by atoms with Crippen LogP contribution in [0.3, 0.4) is 0 Å². The van der Waals surface area contributed by atoms with Crippen molar-refractivity contribution < 1.29 is 4.79 Å². The fourth-order valence-corrected chi connectivity index (χ4v) is 4.31. The average molecular weight is 392 g/mol. The first-order valence-electron chi connectivity index (χ1n) is 9.83. The van der Waals surface area contributed by atoms with E-state index in [-0.39, 0.29) is 5.91 Å². The van der Waals surface area contributed by atoms with E-state index in [9.17, 15) is 4.79 Å². The number of carbonyl (C=O) groups excluding carboxylic acids is 1. The summed E-state index contributed by atoms with van der Waals surface area (Å²) in [7, 11) is 0. The van der Waals surface area contributed by atoms with Crippen LogP contribution in [0.15, 0.2) is 60.0 Å². The summed E-state index contributed by atoms with van der Waals surface area (Å²) in [5.41, 5.74) is 4.42. The van der Waals surface area contributed by atoms with Crippen LogP contribution in [-0.4, -0.2) is 46.9 Å². The number of nitrogens with zero attached hydrogens (tertiary/aromatic N) is 3. The van der Waals surface area contributed by atoms with Crippen LogP contribution in [0.2, 0.25) is 0 Å². The number of aromatic nitrogens is 1. The Morgan fingerprint density at radius 1 is 1.00 bits per heavy atom. The van der Waals surface area contributed by atoms with Gasteiger partial charge in [-0.25, -0.2) is 4.98 Å². The van der Waals surface area contributed by atoms with E-state index >= 15 is 0 Å². The van der Waals surface area contributed by atoms with E-state index in [1.807, 2.05) is 35.2 Å². The minimum Gasteiger partial charge on any atom is -0.336 e. The average Bonchev–Trinajstić information content (AvgIpc) is 3.23. The van der Waals surface area contributed by atoms with Crippen LogP contribution < -0.4 is 0 Å². The molecule has 1 fully saturated rings. The van der Waals surface area contributed by atoms with Gasteiger partial charge < -0.3 is 4.90 Å². The van der Waals surface area contributed by atoms with Crippen molar-refractivity contribution in [3.63, 3.8) is 0 Å². The Balaban J connectivity index is 1.32. The molecule has 1 aromatic heterocycles. The number of aryl methyl sites for hydroxylation is 1. The van der Waals surface area contributed by atoms with E-state index in [1.165, 1.54) is 11.1 Å². The van der Waals surface area contributed by atoms with Crippen molar-refractivity contribution in [1.29, 1.82) is 0 Å². The lowest BCUT2D eigenvalue weighted by atomic mass is 10.1. The molecule has 1 saturated heterocycles. The normalized spacial score (nSPS) is 15.0. The number of benzene rings is 2. The Labute approximate surface area is 170 Å². The van der Waals surface area contributed by atoms with Gasteiger partial charge in [-0.05, 0) is 24.1 Å². The van der Waals surface area contributed by atoms with E-state index in [1.54, 1.807) is 11.3 Å². The third-order valence-corrected chi connectivity index (χ3v) is 6.17. The van der Waals surface area contributed by atoms with Gasteiger partial charge in [0.15, 0.2) is 0 Å². The Morgan fingerprint density at radius 3 is 2.39 bits per heavy atom. The largest absolute Gasteiger partial charge is 0.336 e. The maximum Gasteiger partial charge on any atom is 0.253 e. The topological polar surface area (TPSA) is 36.4 Å². The summed E-state index contributed by atoms with van der Waals surface area (Å²) < 4.78 is 0. The molecule has 0 saturated carbocycles. The predicted molar refractivity (Wildman–Crippen MR) is 115 cm³/mol. The Morgan fingerprint density at radius 2 is 1.71 bits per heavy atom. The summed E-state index contributed by atoms with van der Waals surface area (Å²) in [6, 6.07) is 18.2. The Kier molecular flexibility index (Phi) is 5.84. The van der Waals surface area contributed by atoms with Gasteiger partial charge in [-0.2, -0.15) is 0 Å². The van der Waals surface area contributed by atoms with E-state index in [0.717, 1.165) is 55.4 Å². The molecule has 0 unspecified atom stereocenters. The number of hydrogen-bond donors (Lipinski definition) is 0. The van der Waals surface area contributed by atoms with Gasteiger partial charge in [0, 0.05) is 49.2 Å². The molecule has 1 aliphatic rings. The second kappa shape index (κ2) is 8.67. The first-order valence-corrected chi connectivity index (χ1v) is 10.7. The zero-order chi connectivity index (χ0) is 19.3. The highest BCUT2D eigenvalue weighted by molar-refractivity contribution is 7.13. The summed E-state index contributed by atoms with van der Waals surface area (Å²) in [5, 5.41) is 3.24. The van der Waals surface area contributed by atoms with Crippen LogP contribution >= 0.6 is 11.3 Å². The van der Waals surface area contributed by atoms with E-state index in [4.69, 9.17) is 4.98 Å². The lowest BCUT2D eigenvalue weighted by Crippen LogP contribution is -2.48. The molecular formula is C23H25N3OS. The zero-order valence-electron chi connectivity index (χ0n) is 16.2. The number of piperazine rings is 1. The second-order valence-electron chi connectivity index (χ2n) is 7.13. The van der Waals surface area contributed by atoms with Crippen LogP contribution in [0.4, 0.5) is 0 Å². The van der Waals surface area contributed by atoms with Crippen molar-refractivity contribution in [2.75, 3.05) is 26.2 Å². The number of carbonyl (C=O) groups is 1. The van der Waals surface area contributed by atoms with Gasteiger partial charge in [0.05, 0.1) is 5.69 Å².